The molecule has 0 aromatic heterocycles. The van der Waals surface area contributed by atoms with Gasteiger partial charge in [0, 0.05) is 31.5 Å². The predicted molar refractivity (Wildman–Crippen MR) is 117 cm³/mol. The Balaban J connectivity index is 3.29. The molecule has 152 valence electrons. The van der Waals surface area contributed by atoms with Crippen molar-refractivity contribution in [1.82, 2.24) is 10.2 Å². The van der Waals surface area contributed by atoms with Gasteiger partial charge in [-0.3, -0.25) is 0 Å². The van der Waals surface area contributed by atoms with Crippen LogP contribution in [0.2, 0.25) is 0 Å². The van der Waals surface area contributed by atoms with E-state index in [9.17, 15) is 0 Å². The second-order valence-electron chi connectivity index (χ2n) is 6.81. The summed E-state index contributed by atoms with van der Waals surface area (Å²) < 4.78 is 5.52. The molecule has 1 heterocycles. The van der Waals surface area contributed by atoms with Crippen LogP contribution in [0.3, 0.4) is 0 Å². The minimum Gasteiger partial charge on any atom is -0.388 e. The Bertz CT molecular complexity index is 591. The van der Waals surface area contributed by atoms with Crippen molar-refractivity contribution >= 4 is 0 Å². The van der Waals surface area contributed by atoms with Gasteiger partial charge in [0.2, 0.25) is 0 Å². The molecule has 0 spiro atoms. The maximum atomic E-state index is 5.70. The van der Waals surface area contributed by atoms with Gasteiger partial charge in [-0.2, -0.15) is 0 Å². The Morgan fingerprint density at radius 2 is 1.81 bits per heavy atom. The van der Waals surface area contributed by atoms with Crippen LogP contribution in [0.5, 0.6) is 0 Å². The molecule has 0 saturated carbocycles. The summed E-state index contributed by atoms with van der Waals surface area (Å²) >= 11 is 0. The highest BCUT2D eigenvalue weighted by atomic mass is 16.5. The predicted octanol–water partition coefficient (Wildman–Crippen LogP) is 4.29. The highest BCUT2D eigenvalue weighted by molar-refractivity contribution is 5.47. The fourth-order valence-corrected chi connectivity index (χ4v) is 3.16. The van der Waals surface area contributed by atoms with Gasteiger partial charge in [-0.1, -0.05) is 30.7 Å². The molecule has 1 rings (SSSR count). The van der Waals surface area contributed by atoms with Crippen LogP contribution in [0.4, 0.5) is 0 Å². The molecule has 0 aromatic carbocycles. The van der Waals surface area contributed by atoms with E-state index in [0.717, 1.165) is 57.8 Å². The van der Waals surface area contributed by atoms with Crippen molar-refractivity contribution in [3.8, 4) is 0 Å². The quantitative estimate of drug-likeness (QED) is 0.561. The summed E-state index contributed by atoms with van der Waals surface area (Å²) in [5.74, 6) is 0. The van der Waals surface area contributed by atoms with Crippen molar-refractivity contribution in [3.05, 3.63) is 58.5 Å². The minimum atomic E-state index is 0.733. The Morgan fingerprint density at radius 3 is 2.33 bits per heavy atom. The topological polar surface area (TPSA) is 50.5 Å². The largest absolute Gasteiger partial charge is 0.388 e. The third-order valence-corrected chi connectivity index (χ3v) is 4.83. The zero-order chi connectivity index (χ0) is 20.1. The average Bonchev–Trinajstić information content (AvgIpc) is 2.71. The van der Waals surface area contributed by atoms with Crippen LogP contribution in [-0.4, -0.2) is 44.8 Å². The van der Waals surface area contributed by atoms with Crippen LogP contribution in [0.15, 0.2) is 58.5 Å². The van der Waals surface area contributed by atoms with Crippen LogP contribution in [0.1, 0.15) is 47.0 Å². The molecular weight excluding hydrogens is 334 g/mol. The maximum absolute atomic E-state index is 5.70. The van der Waals surface area contributed by atoms with E-state index in [1.165, 1.54) is 22.4 Å². The molecule has 1 aliphatic rings. The Labute approximate surface area is 166 Å². The smallest absolute Gasteiger partial charge is 0.0642 e. The molecule has 1 aliphatic heterocycles. The molecule has 4 heteroatoms. The van der Waals surface area contributed by atoms with Crippen LogP contribution >= 0.6 is 0 Å². The first kappa shape index (κ1) is 23.3. The van der Waals surface area contributed by atoms with Crippen LogP contribution in [0, 0.1) is 0 Å². The van der Waals surface area contributed by atoms with Crippen molar-refractivity contribution in [2.75, 3.05) is 39.9 Å². The van der Waals surface area contributed by atoms with E-state index in [-0.39, 0.29) is 0 Å². The van der Waals surface area contributed by atoms with Crippen molar-refractivity contribution in [2.24, 2.45) is 5.73 Å². The third-order valence-electron chi connectivity index (χ3n) is 4.83. The molecule has 0 bridgehead atoms. The fraction of sp³-hybridized carbons (Fsp3) is 0.565. The molecule has 4 nitrogen and oxygen atoms in total. The summed E-state index contributed by atoms with van der Waals surface area (Å²) in [5, 5.41) is 3.27. The first-order chi connectivity index (χ1) is 13.1. The van der Waals surface area contributed by atoms with Gasteiger partial charge in [0.15, 0.2) is 0 Å². The van der Waals surface area contributed by atoms with Crippen molar-refractivity contribution in [1.29, 1.82) is 0 Å². The van der Waals surface area contributed by atoms with Crippen LogP contribution in [-0.2, 0) is 4.74 Å². The Morgan fingerprint density at radius 1 is 1.11 bits per heavy atom. The maximum Gasteiger partial charge on any atom is 0.0642 e. The molecule has 1 fully saturated rings. The Hall–Kier alpha value is -1.78. The number of hydrogen-bond donors (Lipinski definition) is 2. The minimum absolute atomic E-state index is 0.733. The van der Waals surface area contributed by atoms with Gasteiger partial charge in [-0.05, 0) is 69.9 Å². The molecule has 0 atom stereocenters. The van der Waals surface area contributed by atoms with Crippen molar-refractivity contribution in [3.63, 3.8) is 0 Å². The van der Waals surface area contributed by atoms with E-state index in [4.69, 9.17) is 10.5 Å². The highest BCUT2D eigenvalue weighted by Crippen LogP contribution is 2.23. The summed E-state index contributed by atoms with van der Waals surface area (Å²) in [7, 11) is 1.97. The lowest BCUT2D eigenvalue weighted by Gasteiger charge is -2.30. The summed E-state index contributed by atoms with van der Waals surface area (Å²) in [5.41, 5.74) is 12.1. The molecule has 0 aromatic rings. The van der Waals surface area contributed by atoms with Gasteiger partial charge < -0.3 is 20.7 Å². The molecular formula is C23H39N3O. The zero-order valence-corrected chi connectivity index (χ0v) is 18.0. The van der Waals surface area contributed by atoms with Gasteiger partial charge in [-0.25, -0.2) is 0 Å². The number of rotatable bonds is 10. The van der Waals surface area contributed by atoms with Crippen molar-refractivity contribution < 1.29 is 4.74 Å². The molecule has 1 saturated heterocycles. The standard InChI is InChI=1S/C23H39N3O/c1-6-20(17-22(7-2)25-5)21(16-19(4)10-9-11-24)18-23(8-3)26-12-14-27-15-13-26/h7-8,16-18,25H,6,9-15,24H2,1-5H3/b19-16+,20-17+,21-18+,22-7+,23-8-. The van der Waals surface area contributed by atoms with Gasteiger partial charge in [0.05, 0.1) is 13.2 Å². The van der Waals surface area contributed by atoms with Gasteiger partial charge in [-0.15, -0.1) is 0 Å². The summed E-state index contributed by atoms with van der Waals surface area (Å²) in [4.78, 5) is 2.41. The second kappa shape index (κ2) is 13.4. The highest BCUT2D eigenvalue weighted by Gasteiger charge is 2.13. The molecule has 0 aliphatic carbocycles. The fourth-order valence-electron chi connectivity index (χ4n) is 3.16. The normalized spacial score (nSPS) is 18.1. The van der Waals surface area contributed by atoms with E-state index in [1.54, 1.807) is 0 Å². The molecule has 27 heavy (non-hydrogen) atoms. The van der Waals surface area contributed by atoms with E-state index in [0.29, 0.717) is 0 Å². The van der Waals surface area contributed by atoms with E-state index in [1.807, 2.05) is 7.05 Å². The monoisotopic (exact) mass is 373 g/mol. The third kappa shape index (κ3) is 8.19. The summed E-state index contributed by atoms with van der Waals surface area (Å²) in [6.07, 6.45) is 14.3. The molecule has 0 radical (unpaired) electrons. The van der Waals surface area contributed by atoms with E-state index < -0.39 is 0 Å². The second-order valence-corrected chi connectivity index (χ2v) is 6.81. The number of allylic oxidation sites excluding steroid dienone is 8. The number of hydrogen-bond acceptors (Lipinski definition) is 4. The molecule has 3 N–H and O–H groups in total. The summed E-state index contributed by atoms with van der Waals surface area (Å²) in [6, 6.07) is 0. The number of nitrogens with one attached hydrogen (secondary N) is 1. The SMILES string of the molecule is C/C=C(/C=C(\C=C(/C)CCCN)C(=C/C(=C\C)NC)/CC)N1CCOCC1. The number of likely N-dealkylation sites (N-methyl/N-ethyl adjacent to an activating group) is 1. The average molecular weight is 374 g/mol. The molecule has 0 unspecified atom stereocenters. The van der Waals surface area contributed by atoms with Crippen LogP contribution in [0.25, 0.3) is 0 Å². The first-order valence-corrected chi connectivity index (χ1v) is 10.2. The lowest BCUT2D eigenvalue weighted by Crippen LogP contribution is -2.35. The van der Waals surface area contributed by atoms with Crippen LogP contribution < -0.4 is 11.1 Å². The number of ether oxygens (including phenoxy) is 1. The lowest BCUT2D eigenvalue weighted by atomic mass is 9.97. The van der Waals surface area contributed by atoms with Crippen molar-refractivity contribution in [2.45, 2.75) is 47.0 Å². The van der Waals surface area contributed by atoms with E-state index >= 15 is 0 Å². The number of nitrogens with zero attached hydrogens (tertiary/aromatic N) is 1. The molecule has 0 amide bonds. The first-order valence-electron chi connectivity index (χ1n) is 10.2. The van der Waals surface area contributed by atoms with Gasteiger partial charge in [0.1, 0.15) is 0 Å². The zero-order valence-electron chi connectivity index (χ0n) is 18.0. The summed E-state index contributed by atoms with van der Waals surface area (Å²) in [6.45, 7) is 12.8. The number of morpholine rings is 1. The lowest BCUT2D eigenvalue weighted by molar-refractivity contribution is 0.0553. The van der Waals surface area contributed by atoms with E-state index in [2.05, 4.69) is 68.3 Å². The number of nitrogens with two attached hydrogens (primary N) is 1. The Kier molecular flexibility index (Phi) is 11.5. The van der Waals surface area contributed by atoms with Gasteiger partial charge in [0.25, 0.3) is 0 Å². The van der Waals surface area contributed by atoms with Gasteiger partial charge >= 0.3 is 0 Å².